The van der Waals surface area contributed by atoms with Crippen molar-refractivity contribution < 1.29 is 9.53 Å². The van der Waals surface area contributed by atoms with Gasteiger partial charge in [-0.1, -0.05) is 0 Å². The van der Waals surface area contributed by atoms with Crippen LogP contribution in [-0.2, 0) is 4.74 Å². The first-order valence-corrected chi connectivity index (χ1v) is 4.05. The standard InChI is InChI=1S/C10H13NO2/c1-7-4-8(10(12)13-3)6-9(5-7)11-2/h4-6,11H,1-3H3. The summed E-state index contributed by atoms with van der Waals surface area (Å²) in [7, 11) is 3.19. The van der Waals surface area contributed by atoms with Crippen LogP contribution in [-0.4, -0.2) is 20.1 Å². The lowest BCUT2D eigenvalue weighted by atomic mass is 10.1. The van der Waals surface area contributed by atoms with E-state index in [0.29, 0.717) is 5.56 Å². The largest absolute Gasteiger partial charge is 0.465 e. The van der Waals surface area contributed by atoms with Crippen LogP contribution in [0, 0.1) is 6.92 Å². The highest BCUT2D eigenvalue weighted by molar-refractivity contribution is 5.90. The maximum absolute atomic E-state index is 11.2. The number of aryl methyl sites for hydroxylation is 1. The summed E-state index contributed by atoms with van der Waals surface area (Å²) >= 11 is 0. The zero-order chi connectivity index (χ0) is 9.84. The lowest BCUT2D eigenvalue weighted by Crippen LogP contribution is -2.02. The molecular weight excluding hydrogens is 166 g/mol. The molecule has 70 valence electrons. The number of carbonyl (C=O) groups is 1. The molecule has 0 saturated carbocycles. The molecule has 0 aliphatic heterocycles. The predicted octanol–water partition coefficient (Wildman–Crippen LogP) is 1.82. The minimum atomic E-state index is -0.305. The quantitative estimate of drug-likeness (QED) is 0.704. The molecule has 0 amide bonds. The Balaban J connectivity index is 3.08. The van der Waals surface area contributed by atoms with Gasteiger partial charge in [0.25, 0.3) is 0 Å². The smallest absolute Gasteiger partial charge is 0.337 e. The second-order valence-corrected chi connectivity index (χ2v) is 2.83. The fourth-order valence-corrected chi connectivity index (χ4v) is 1.16. The van der Waals surface area contributed by atoms with Crippen LogP contribution in [0.15, 0.2) is 18.2 Å². The Hall–Kier alpha value is -1.51. The zero-order valence-electron chi connectivity index (χ0n) is 8.05. The topological polar surface area (TPSA) is 38.3 Å². The summed E-state index contributed by atoms with van der Waals surface area (Å²) in [5.41, 5.74) is 2.53. The third kappa shape index (κ3) is 2.21. The number of carbonyl (C=O) groups excluding carboxylic acids is 1. The molecular formula is C10H13NO2. The normalized spacial score (nSPS) is 9.46. The summed E-state index contributed by atoms with van der Waals surface area (Å²) < 4.78 is 4.62. The van der Waals surface area contributed by atoms with Crippen molar-refractivity contribution >= 4 is 11.7 Å². The number of methoxy groups -OCH3 is 1. The Morgan fingerprint density at radius 2 is 2.08 bits per heavy atom. The molecule has 0 bridgehead atoms. The van der Waals surface area contributed by atoms with Crippen LogP contribution in [0.25, 0.3) is 0 Å². The van der Waals surface area contributed by atoms with Gasteiger partial charge >= 0.3 is 5.97 Å². The van der Waals surface area contributed by atoms with Crippen LogP contribution < -0.4 is 5.32 Å². The summed E-state index contributed by atoms with van der Waals surface area (Å²) in [6.45, 7) is 1.94. The van der Waals surface area contributed by atoms with Crippen molar-refractivity contribution in [1.29, 1.82) is 0 Å². The van der Waals surface area contributed by atoms with E-state index in [9.17, 15) is 4.79 Å². The van der Waals surface area contributed by atoms with Gasteiger partial charge in [0.05, 0.1) is 12.7 Å². The van der Waals surface area contributed by atoms with E-state index in [1.807, 2.05) is 20.0 Å². The van der Waals surface area contributed by atoms with Crippen LogP contribution in [0.1, 0.15) is 15.9 Å². The SMILES string of the molecule is CNc1cc(C)cc(C(=O)OC)c1. The molecule has 0 aromatic heterocycles. The summed E-state index contributed by atoms with van der Waals surface area (Å²) in [5, 5.41) is 2.98. The van der Waals surface area contributed by atoms with Crippen LogP contribution >= 0.6 is 0 Å². The molecule has 3 heteroatoms. The molecule has 0 spiro atoms. The van der Waals surface area contributed by atoms with E-state index in [1.165, 1.54) is 7.11 Å². The highest BCUT2D eigenvalue weighted by atomic mass is 16.5. The average Bonchev–Trinajstić information content (AvgIpc) is 2.15. The minimum absolute atomic E-state index is 0.305. The lowest BCUT2D eigenvalue weighted by molar-refractivity contribution is 0.0600. The van der Waals surface area contributed by atoms with Crippen molar-refractivity contribution in [2.24, 2.45) is 0 Å². The molecule has 0 aliphatic carbocycles. The molecule has 1 rings (SSSR count). The minimum Gasteiger partial charge on any atom is -0.465 e. The van der Waals surface area contributed by atoms with E-state index in [0.717, 1.165) is 11.3 Å². The fourth-order valence-electron chi connectivity index (χ4n) is 1.16. The van der Waals surface area contributed by atoms with Gasteiger partial charge in [0, 0.05) is 12.7 Å². The van der Waals surface area contributed by atoms with Gasteiger partial charge in [0.2, 0.25) is 0 Å². The Labute approximate surface area is 77.7 Å². The molecule has 0 aliphatic rings. The molecule has 0 fully saturated rings. The van der Waals surface area contributed by atoms with Crippen molar-refractivity contribution in [3.05, 3.63) is 29.3 Å². The lowest BCUT2D eigenvalue weighted by Gasteiger charge is -2.05. The number of ether oxygens (including phenoxy) is 1. The van der Waals surface area contributed by atoms with E-state index in [1.54, 1.807) is 12.1 Å². The van der Waals surface area contributed by atoms with E-state index in [-0.39, 0.29) is 5.97 Å². The van der Waals surface area contributed by atoms with Crippen molar-refractivity contribution in [3.63, 3.8) is 0 Å². The molecule has 0 atom stereocenters. The maximum Gasteiger partial charge on any atom is 0.337 e. The number of rotatable bonds is 2. The van der Waals surface area contributed by atoms with Crippen LogP contribution in [0.3, 0.4) is 0 Å². The second kappa shape index (κ2) is 3.94. The summed E-state index contributed by atoms with van der Waals surface area (Å²) in [6.07, 6.45) is 0. The van der Waals surface area contributed by atoms with Gasteiger partial charge in [-0.15, -0.1) is 0 Å². The molecule has 1 N–H and O–H groups in total. The van der Waals surface area contributed by atoms with Crippen molar-refractivity contribution in [1.82, 2.24) is 0 Å². The van der Waals surface area contributed by atoms with E-state index < -0.39 is 0 Å². The van der Waals surface area contributed by atoms with Crippen molar-refractivity contribution in [2.45, 2.75) is 6.92 Å². The third-order valence-corrected chi connectivity index (χ3v) is 1.79. The highest BCUT2D eigenvalue weighted by Crippen LogP contribution is 2.14. The van der Waals surface area contributed by atoms with Gasteiger partial charge < -0.3 is 10.1 Å². The Bertz CT molecular complexity index is 321. The second-order valence-electron chi connectivity index (χ2n) is 2.83. The third-order valence-electron chi connectivity index (χ3n) is 1.79. The number of nitrogens with one attached hydrogen (secondary N) is 1. The van der Waals surface area contributed by atoms with Gasteiger partial charge in [-0.3, -0.25) is 0 Å². The van der Waals surface area contributed by atoms with E-state index in [2.05, 4.69) is 10.1 Å². The van der Waals surface area contributed by atoms with Crippen molar-refractivity contribution in [3.8, 4) is 0 Å². The number of benzene rings is 1. The van der Waals surface area contributed by atoms with Gasteiger partial charge in [-0.25, -0.2) is 4.79 Å². The Kier molecular flexibility index (Phi) is 2.90. The first kappa shape index (κ1) is 9.58. The Morgan fingerprint density at radius 3 is 2.62 bits per heavy atom. The van der Waals surface area contributed by atoms with Crippen LogP contribution in [0.2, 0.25) is 0 Å². The first-order chi connectivity index (χ1) is 6.17. The molecule has 13 heavy (non-hydrogen) atoms. The molecule has 3 nitrogen and oxygen atoms in total. The number of hydrogen-bond donors (Lipinski definition) is 1. The highest BCUT2D eigenvalue weighted by Gasteiger charge is 2.06. The number of anilines is 1. The van der Waals surface area contributed by atoms with Gasteiger partial charge in [-0.05, 0) is 30.7 Å². The number of hydrogen-bond acceptors (Lipinski definition) is 3. The van der Waals surface area contributed by atoms with E-state index in [4.69, 9.17) is 0 Å². The average molecular weight is 179 g/mol. The van der Waals surface area contributed by atoms with E-state index >= 15 is 0 Å². The molecule has 0 radical (unpaired) electrons. The van der Waals surface area contributed by atoms with Crippen molar-refractivity contribution in [2.75, 3.05) is 19.5 Å². The summed E-state index contributed by atoms with van der Waals surface area (Å²) in [6, 6.07) is 5.53. The molecule has 0 unspecified atom stereocenters. The molecule has 1 aromatic carbocycles. The fraction of sp³-hybridized carbons (Fsp3) is 0.300. The molecule has 0 heterocycles. The maximum atomic E-state index is 11.2. The van der Waals surface area contributed by atoms with Gasteiger partial charge in [0.1, 0.15) is 0 Å². The zero-order valence-corrected chi connectivity index (χ0v) is 8.05. The van der Waals surface area contributed by atoms with Gasteiger partial charge in [0.15, 0.2) is 0 Å². The van der Waals surface area contributed by atoms with Crippen LogP contribution in [0.4, 0.5) is 5.69 Å². The first-order valence-electron chi connectivity index (χ1n) is 4.05. The van der Waals surface area contributed by atoms with Crippen LogP contribution in [0.5, 0.6) is 0 Å². The predicted molar refractivity (Wildman–Crippen MR) is 52.1 cm³/mol. The monoisotopic (exact) mass is 179 g/mol. The number of esters is 1. The molecule has 1 aromatic rings. The Morgan fingerprint density at radius 1 is 1.38 bits per heavy atom. The summed E-state index contributed by atoms with van der Waals surface area (Å²) in [5.74, 6) is -0.305. The van der Waals surface area contributed by atoms with Gasteiger partial charge in [-0.2, -0.15) is 0 Å². The summed E-state index contributed by atoms with van der Waals surface area (Å²) in [4.78, 5) is 11.2. The molecule has 0 saturated heterocycles.